The SMILES string of the molecule is CCCC(=O)c1[nH]c(CCC)nc1C. The predicted molar refractivity (Wildman–Crippen MR) is 56.6 cm³/mol. The molecule has 0 bridgehead atoms. The first-order valence-electron chi connectivity index (χ1n) is 5.27. The third kappa shape index (κ3) is 2.44. The van der Waals surface area contributed by atoms with Crippen LogP contribution in [0.15, 0.2) is 0 Å². The number of aromatic amines is 1. The van der Waals surface area contributed by atoms with Crippen LogP contribution in [0.2, 0.25) is 0 Å². The van der Waals surface area contributed by atoms with Crippen LogP contribution in [0, 0.1) is 6.92 Å². The minimum Gasteiger partial charge on any atom is -0.339 e. The molecule has 1 aromatic heterocycles. The van der Waals surface area contributed by atoms with Crippen molar-refractivity contribution in [2.45, 2.75) is 46.5 Å². The Bertz CT molecular complexity index is 315. The number of nitrogens with one attached hydrogen (secondary N) is 1. The predicted octanol–water partition coefficient (Wildman–Crippen LogP) is 2.65. The van der Waals surface area contributed by atoms with Crippen molar-refractivity contribution >= 4 is 5.78 Å². The van der Waals surface area contributed by atoms with Gasteiger partial charge in [0.05, 0.1) is 5.69 Å². The van der Waals surface area contributed by atoms with Crippen molar-refractivity contribution in [3.63, 3.8) is 0 Å². The maximum atomic E-state index is 11.6. The van der Waals surface area contributed by atoms with Gasteiger partial charge in [-0.1, -0.05) is 13.8 Å². The average Bonchev–Trinajstić information content (AvgIpc) is 2.48. The molecule has 0 aromatic carbocycles. The Hall–Kier alpha value is -1.12. The molecule has 0 fully saturated rings. The van der Waals surface area contributed by atoms with E-state index in [1.165, 1.54) is 0 Å². The highest BCUT2D eigenvalue weighted by atomic mass is 16.1. The largest absolute Gasteiger partial charge is 0.339 e. The Kier molecular flexibility index (Phi) is 3.86. The summed E-state index contributed by atoms with van der Waals surface area (Å²) in [6, 6.07) is 0. The summed E-state index contributed by atoms with van der Waals surface area (Å²) in [6.45, 7) is 6.00. The van der Waals surface area contributed by atoms with Crippen LogP contribution in [0.4, 0.5) is 0 Å². The summed E-state index contributed by atoms with van der Waals surface area (Å²) in [5.41, 5.74) is 1.54. The van der Waals surface area contributed by atoms with Crippen molar-refractivity contribution in [1.29, 1.82) is 0 Å². The molecule has 1 rings (SSSR count). The second-order valence-electron chi connectivity index (χ2n) is 3.57. The fourth-order valence-electron chi connectivity index (χ4n) is 1.50. The zero-order valence-corrected chi connectivity index (χ0v) is 9.18. The fraction of sp³-hybridized carbons (Fsp3) is 0.636. The molecule has 0 radical (unpaired) electrons. The van der Waals surface area contributed by atoms with E-state index in [9.17, 15) is 4.79 Å². The van der Waals surface area contributed by atoms with E-state index in [-0.39, 0.29) is 5.78 Å². The third-order valence-electron chi connectivity index (χ3n) is 2.18. The Labute approximate surface area is 84.9 Å². The number of hydrogen-bond acceptors (Lipinski definition) is 2. The normalized spacial score (nSPS) is 10.5. The van der Waals surface area contributed by atoms with E-state index in [0.717, 1.165) is 30.8 Å². The number of carbonyl (C=O) groups is 1. The van der Waals surface area contributed by atoms with E-state index >= 15 is 0 Å². The molecule has 1 aromatic rings. The Morgan fingerprint density at radius 3 is 2.64 bits per heavy atom. The second-order valence-corrected chi connectivity index (χ2v) is 3.57. The zero-order valence-electron chi connectivity index (χ0n) is 9.18. The Morgan fingerprint density at radius 1 is 1.36 bits per heavy atom. The molecule has 0 amide bonds. The smallest absolute Gasteiger partial charge is 0.180 e. The van der Waals surface area contributed by atoms with Gasteiger partial charge < -0.3 is 4.98 Å². The van der Waals surface area contributed by atoms with Crippen LogP contribution in [0.1, 0.15) is 55.1 Å². The molecule has 0 saturated carbocycles. The highest BCUT2D eigenvalue weighted by Crippen LogP contribution is 2.10. The quantitative estimate of drug-likeness (QED) is 0.732. The van der Waals surface area contributed by atoms with Gasteiger partial charge in [0.2, 0.25) is 0 Å². The van der Waals surface area contributed by atoms with Crippen LogP contribution in [0.25, 0.3) is 0 Å². The summed E-state index contributed by atoms with van der Waals surface area (Å²) < 4.78 is 0. The number of aryl methyl sites for hydroxylation is 2. The van der Waals surface area contributed by atoms with Gasteiger partial charge in [-0.05, 0) is 19.8 Å². The van der Waals surface area contributed by atoms with E-state index < -0.39 is 0 Å². The first-order valence-corrected chi connectivity index (χ1v) is 5.27. The van der Waals surface area contributed by atoms with E-state index in [1.807, 2.05) is 13.8 Å². The van der Waals surface area contributed by atoms with Gasteiger partial charge in [-0.25, -0.2) is 4.98 Å². The van der Waals surface area contributed by atoms with Crippen molar-refractivity contribution in [1.82, 2.24) is 9.97 Å². The third-order valence-corrected chi connectivity index (χ3v) is 2.18. The minimum atomic E-state index is 0.180. The van der Waals surface area contributed by atoms with Gasteiger partial charge in [-0.3, -0.25) is 4.79 Å². The zero-order chi connectivity index (χ0) is 10.6. The molecule has 0 aliphatic carbocycles. The van der Waals surface area contributed by atoms with Crippen molar-refractivity contribution in [3.8, 4) is 0 Å². The van der Waals surface area contributed by atoms with Crippen molar-refractivity contribution in [2.24, 2.45) is 0 Å². The maximum Gasteiger partial charge on any atom is 0.180 e. The van der Waals surface area contributed by atoms with Gasteiger partial charge in [-0.2, -0.15) is 0 Å². The van der Waals surface area contributed by atoms with Crippen molar-refractivity contribution < 1.29 is 4.79 Å². The summed E-state index contributed by atoms with van der Waals surface area (Å²) in [4.78, 5) is 19.0. The molecule has 0 spiro atoms. The minimum absolute atomic E-state index is 0.180. The van der Waals surface area contributed by atoms with Crippen molar-refractivity contribution in [2.75, 3.05) is 0 Å². The number of ketones is 1. The van der Waals surface area contributed by atoms with Gasteiger partial charge in [0, 0.05) is 12.8 Å². The number of imidazole rings is 1. The van der Waals surface area contributed by atoms with Crippen LogP contribution >= 0.6 is 0 Å². The van der Waals surface area contributed by atoms with Crippen LogP contribution in [0.3, 0.4) is 0 Å². The van der Waals surface area contributed by atoms with Crippen LogP contribution in [-0.4, -0.2) is 15.8 Å². The molecule has 0 unspecified atom stereocenters. The molecule has 0 aliphatic rings. The molecule has 3 nitrogen and oxygen atoms in total. The second kappa shape index (κ2) is 4.94. The van der Waals surface area contributed by atoms with Gasteiger partial charge in [0.15, 0.2) is 5.78 Å². The summed E-state index contributed by atoms with van der Waals surface area (Å²) in [6.07, 6.45) is 3.46. The highest BCUT2D eigenvalue weighted by Gasteiger charge is 2.12. The van der Waals surface area contributed by atoms with Gasteiger partial charge in [0.25, 0.3) is 0 Å². The molecule has 1 heterocycles. The molecular weight excluding hydrogens is 176 g/mol. The fourth-order valence-corrected chi connectivity index (χ4v) is 1.50. The van der Waals surface area contributed by atoms with E-state index in [0.29, 0.717) is 12.1 Å². The Balaban J connectivity index is 2.81. The molecule has 0 aliphatic heterocycles. The van der Waals surface area contributed by atoms with Crippen molar-refractivity contribution in [3.05, 3.63) is 17.2 Å². The molecule has 78 valence electrons. The first kappa shape index (κ1) is 11.0. The lowest BCUT2D eigenvalue weighted by Gasteiger charge is -1.95. The van der Waals surface area contributed by atoms with Gasteiger partial charge in [0.1, 0.15) is 11.5 Å². The maximum absolute atomic E-state index is 11.6. The molecular formula is C11H18N2O. The number of H-pyrrole nitrogens is 1. The topological polar surface area (TPSA) is 45.8 Å². The first-order chi connectivity index (χ1) is 6.69. The Morgan fingerprint density at radius 2 is 2.07 bits per heavy atom. The van der Waals surface area contributed by atoms with E-state index in [4.69, 9.17) is 0 Å². The van der Waals surface area contributed by atoms with E-state index in [2.05, 4.69) is 16.9 Å². The van der Waals surface area contributed by atoms with Crippen LogP contribution in [-0.2, 0) is 6.42 Å². The lowest BCUT2D eigenvalue weighted by atomic mass is 10.1. The summed E-state index contributed by atoms with van der Waals surface area (Å²) in [5, 5.41) is 0. The van der Waals surface area contributed by atoms with E-state index in [1.54, 1.807) is 0 Å². The standard InChI is InChI=1S/C11H18N2O/c1-4-6-9(14)11-8(3)12-10(13-11)7-5-2/h4-7H2,1-3H3,(H,12,13). The highest BCUT2D eigenvalue weighted by molar-refractivity contribution is 5.95. The number of aromatic nitrogens is 2. The summed E-state index contributed by atoms with van der Waals surface area (Å²) in [7, 11) is 0. The summed E-state index contributed by atoms with van der Waals surface area (Å²) >= 11 is 0. The van der Waals surface area contributed by atoms with Gasteiger partial charge in [-0.15, -0.1) is 0 Å². The van der Waals surface area contributed by atoms with Crippen LogP contribution in [0.5, 0.6) is 0 Å². The molecule has 1 N–H and O–H groups in total. The molecule has 0 atom stereocenters. The molecule has 0 saturated heterocycles. The lowest BCUT2D eigenvalue weighted by Crippen LogP contribution is -2.00. The number of Topliss-reactive ketones (excluding diaryl/α,β-unsaturated/α-hetero) is 1. The number of nitrogens with zero attached hydrogens (tertiary/aromatic N) is 1. The van der Waals surface area contributed by atoms with Gasteiger partial charge >= 0.3 is 0 Å². The number of carbonyl (C=O) groups excluding carboxylic acids is 1. The molecule has 14 heavy (non-hydrogen) atoms. The van der Waals surface area contributed by atoms with Crippen LogP contribution < -0.4 is 0 Å². The number of hydrogen-bond donors (Lipinski definition) is 1. The average molecular weight is 194 g/mol. The molecule has 3 heteroatoms. The monoisotopic (exact) mass is 194 g/mol. The number of rotatable bonds is 5. The summed E-state index contributed by atoms with van der Waals surface area (Å²) in [5.74, 6) is 1.12. The lowest BCUT2D eigenvalue weighted by molar-refractivity contribution is 0.0976.